The van der Waals surface area contributed by atoms with Crippen molar-refractivity contribution in [2.45, 2.75) is 13.8 Å². The van der Waals surface area contributed by atoms with E-state index in [4.69, 9.17) is 0 Å². The van der Waals surface area contributed by atoms with Gasteiger partial charge in [-0.25, -0.2) is 4.39 Å². The van der Waals surface area contributed by atoms with Crippen LogP contribution in [0.15, 0.2) is 42.5 Å². The SMILES string of the molecule is CC(=O)c1ccc(Nc2cc(C(C)=O)ccc2F)cc1. The normalized spacial score (nSPS) is 10.2. The fraction of sp³-hybridized carbons (Fsp3) is 0.125. The largest absolute Gasteiger partial charge is 0.353 e. The van der Waals surface area contributed by atoms with Crippen LogP contribution in [-0.2, 0) is 0 Å². The molecule has 0 aliphatic heterocycles. The van der Waals surface area contributed by atoms with E-state index >= 15 is 0 Å². The lowest BCUT2D eigenvalue weighted by molar-refractivity contribution is 0.100. The highest BCUT2D eigenvalue weighted by Gasteiger charge is 2.07. The Kier molecular flexibility index (Phi) is 3.94. The predicted octanol–water partition coefficient (Wildman–Crippen LogP) is 3.97. The molecule has 102 valence electrons. The Balaban J connectivity index is 2.27. The van der Waals surface area contributed by atoms with Gasteiger partial charge in [0.05, 0.1) is 5.69 Å². The van der Waals surface area contributed by atoms with Gasteiger partial charge in [-0.05, 0) is 56.3 Å². The molecule has 0 heterocycles. The number of benzene rings is 2. The molecule has 3 nitrogen and oxygen atoms in total. The first kappa shape index (κ1) is 13.9. The Labute approximate surface area is 116 Å². The van der Waals surface area contributed by atoms with E-state index in [1.54, 1.807) is 24.3 Å². The number of carbonyl (C=O) groups excluding carboxylic acids is 2. The first-order chi connectivity index (χ1) is 9.47. The summed E-state index contributed by atoms with van der Waals surface area (Å²) in [6, 6.07) is 10.9. The number of nitrogens with one attached hydrogen (secondary N) is 1. The molecule has 0 aliphatic carbocycles. The van der Waals surface area contributed by atoms with Crippen LogP contribution in [0.5, 0.6) is 0 Å². The molecule has 2 aromatic rings. The van der Waals surface area contributed by atoms with Gasteiger partial charge in [-0.3, -0.25) is 9.59 Å². The molecule has 20 heavy (non-hydrogen) atoms. The van der Waals surface area contributed by atoms with E-state index in [9.17, 15) is 14.0 Å². The van der Waals surface area contributed by atoms with E-state index < -0.39 is 5.82 Å². The van der Waals surface area contributed by atoms with Crippen molar-refractivity contribution in [3.05, 3.63) is 59.4 Å². The number of Topliss-reactive ketones (excluding diaryl/α,β-unsaturated/α-hetero) is 2. The van der Waals surface area contributed by atoms with E-state index in [0.29, 0.717) is 16.8 Å². The van der Waals surface area contributed by atoms with Gasteiger partial charge >= 0.3 is 0 Å². The van der Waals surface area contributed by atoms with Crippen molar-refractivity contribution in [1.82, 2.24) is 0 Å². The number of ketones is 2. The van der Waals surface area contributed by atoms with Crippen molar-refractivity contribution in [1.29, 1.82) is 0 Å². The Hall–Kier alpha value is -2.49. The maximum absolute atomic E-state index is 13.7. The quantitative estimate of drug-likeness (QED) is 0.856. The summed E-state index contributed by atoms with van der Waals surface area (Å²) in [7, 11) is 0. The lowest BCUT2D eigenvalue weighted by Gasteiger charge is -2.09. The number of halogens is 1. The Bertz CT molecular complexity index is 663. The molecule has 2 rings (SSSR count). The number of carbonyl (C=O) groups is 2. The number of hydrogen-bond acceptors (Lipinski definition) is 3. The third-order valence-electron chi connectivity index (χ3n) is 2.94. The summed E-state index contributed by atoms with van der Waals surface area (Å²) in [5.41, 5.74) is 1.91. The van der Waals surface area contributed by atoms with Crippen LogP contribution in [0, 0.1) is 5.82 Å². The fourth-order valence-corrected chi connectivity index (χ4v) is 1.78. The van der Waals surface area contributed by atoms with Crippen LogP contribution in [-0.4, -0.2) is 11.6 Å². The van der Waals surface area contributed by atoms with Gasteiger partial charge in [-0.15, -0.1) is 0 Å². The lowest BCUT2D eigenvalue weighted by atomic mass is 10.1. The molecule has 0 saturated carbocycles. The molecule has 0 unspecified atom stereocenters. The maximum Gasteiger partial charge on any atom is 0.159 e. The molecule has 0 fully saturated rings. The van der Waals surface area contributed by atoms with Gasteiger partial charge in [0.2, 0.25) is 0 Å². The highest BCUT2D eigenvalue weighted by Crippen LogP contribution is 2.22. The van der Waals surface area contributed by atoms with Crippen LogP contribution in [0.3, 0.4) is 0 Å². The van der Waals surface area contributed by atoms with Crippen molar-refractivity contribution in [2.75, 3.05) is 5.32 Å². The smallest absolute Gasteiger partial charge is 0.159 e. The number of anilines is 2. The van der Waals surface area contributed by atoms with Crippen LogP contribution in [0.25, 0.3) is 0 Å². The summed E-state index contributed by atoms with van der Waals surface area (Å²) in [4.78, 5) is 22.5. The first-order valence-corrected chi connectivity index (χ1v) is 6.16. The summed E-state index contributed by atoms with van der Waals surface area (Å²) in [5.74, 6) is -0.591. The molecular formula is C16H14FNO2. The number of hydrogen-bond donors (Lipinski definition) is 1. The third-order valence-corrected chi connectivity index (χ3v) is 2.94. The molecule has 0 saturated heterocycles. The van der Waals surface area contributed by atoms with Crippen LogP contribution in [0.1, 0.15) is 34.6 Å². The second-order valence-electron chi connectivity index (χ2n) is 4.51. The van der Waals surface area contributed by atoms with Crippen LogP contribution in [0.2, 0.25) is 0 Å². The minimum Gasteiger partial charge on any atom is -0.353 e. The van der Waals surface area contributed by atoms with Crippen molar-refractivity contribution >= 4 is 22.9 Å². The molecule has 0 aliphatic rings. The summed E-state index contributed by atoms with van der Waals surface area (Å²) in [5, 5.41) is 2.90. The highest BCUT2D eigenvalue weighted by atomic mass is 19.1. The molecule has 2 aromatic carbocycles. The molecule has 0 radical (unpaired) electrons. The Morgan fingerprint density at radius 2 is 1.45 bits per heavy atom. The standard InChI is InChI=1S/C16H14FNO2/c1-10(19)12-3-6-14(7-4-12)18-16-9-13(11(2)20)5-8-15(16)17/h3-9,18H,1-2H3. The Morgan fingerprint density at radius 1 is 0.900 bits per heavy atom. The van der Waals surface area contributed by atoms with Gasteiger partial charge < -0.3 is 5.32 Å². The van der Waals surface area contributed by atoms with Crippen molar-refractivity contribution < 1.29 is 14.0 Å². The van der Waals surface area contributed by atoms with Crippen LogP contribution in [0.4, 0.5) is 15.8 Å². The van der Waals surface area contributed by atoms with Gasteiger partial charge in [0, 0.05) is 16.8 Å². The second kappa shape index (κ2) is 5.65. The zero-order chi connectivity index (χ0) is 14.7. The minimum absolute atomic E-state index is 0.0266. The Morgan fingerprint density at radius 3 is 2.00 bits per heavy atom. The average Bonchev–Trinajstić information content (AvgIpc) is 2.41. The molecule has 0 atom stereocenters. The summed E-state index contributed by atoms with van der Waals surface area (Å²) < 4.78 is 13.7. The van der Waals surface area contributed by atoms with Crippen LogP contribution < -0.4 is 5.32 Å². The highest BCUT2D eigenvalue weighted by molar-refractivity contribution is 5.95. The minimum atomic E-state index is -0.439. The molecular weight excluding hydrogens is 257 g/mol. The topological polar surface area (TPSA) is 46.2 Å². The summed E-state index contributed by atoms with van der Waals surface area (Å²) in [6.07, 6.45) is 0. The second-order valence-corrected chi connectivity index (χ2v) is 4.51. The van der Waals surface area contributed by atoms with Crippen molar-refractivity contribution in [3.8, 4) is 0 Å². The monoisotopic (exact) mass is 271 g/mol. The van der Waals surface area contributed by atoms with E-state index in [0.717, 1.165) is 0 Å². The van der Waals surface area contributed by atoms with Gasteiger partial charge in [0.25, 0.3) is 0 Å². The lowest BCUT2D eigenvalue weighted by Crippen LogP contribution is -1.99. The molecule has 4 heteroatoms. The molecule has 0 bridgehead atoms. The summed E-state index contributed by atoms with van der Waals surface area (Å²) >= 11 is 0. The van der Waals surface area contributed by atoms with Gasteiger partial charge in [-0.1, -0.05) is 0 Å². The van der Waals surface area contributed by atoms with Crippen LogP contribution >= 0.6 is 0 Å². The van der Waals surface area contributed by atoms with E-state index in [2.05, 4.69) is 5.32 Å². The maximum atomic E-state index is 13.7. The summed E-state index contributed by atoms with van der Waals surface area (Å²) in [6.45, 7) is 2.91. The molecule has 1 N–H and O–H groups in total. The zero-order valence-corrected chi connectivity index (χ0v) is 11.2. The molecule has 0 amide bonds. The first-order valence-electron chi connectivity index (χ1n) is 6.16. The van der Waals surface area contributed by atoms with Gasteiger partial charge in [0.1, 0.15) is 5.82 Å². The predicted molar refractivity (Wildman–Crippen MR) is 76.1 cm³/mol. The molecule has 0 spiro atoms. The van der Waals surface area contributed by atoms with E-state index in [-0.39, 0.29) is 17.3 Å². The van der Waals surface area contributed by atoms with Crippen molar-refractivity contribution in [2.24, 2.45) is 0 Å². The third kappa shape index (κ3) is 3.09. The van der Waals surface area contributed by atoms with E-state index in [1.165, 1.54) is 32.0 Å². The van der Waals surface area contributed by atoms with E-state index in [1.807, 2.05) is 0 Å². The fourth-order valence-electron chi connectivity index (χ4n) is 1.78. The van der Waals surface area contributed by atoms with Gasteiger partial charge in [0.15, 0.2) is 11.6 Å². The number of rotatable bonds is 4. The van der Waals surface area contributed by atoms with Crippen molar-refractivity contribution in [3.63, 3.8) is 0 Å². The van der Waals surface area contributed by atoms with Gasteiger partial charge in [-0.2, -0.15) is 0 Å². The average molecular weight is 271 g/mol. The molecule has 0 aromatic heterocycles. The zero-order valence-electron chi connectivity index (χ0n) is 11.2.